The predicted octanol–water partition coefficient (Wildman–Crippen LogP) is 3.84. The van der Waals surface area contributed by atoms with Crippen molar-refractivity contribution in [1.82, 2.24) is 4.98 Å². The van der Waals surface area contributed by atoms with Crippen LogP contribution < -0.4 is 4.74 Å². The number of ether oxygens (including phenoxy) is 2. The molecule has 0 bridgehead atoms. The molecule has 0 unspecified atom stereocenters. The third-order valence-electron chi connectivity index (χ3n) is 5.96. The second-order valence-electron chi connectivity index (χ2n) is 7.67. The molecule has 29 heavy (non-hydrogen) atoms. The predicted molar refractivity (Wildman–Crippen MR) is 105 cm³/mol. The van der Waals surface area contributed by atoms with Crippen LogP contribution in [0, 0.1) is 17.7 Å². The number of benzene rings is 1. The number of aliphatic hydroxyl groups excluding tert-OH is 1. The molecule has 5 atom stereocenters. The monoisotopic (exact) mass is 421 g/mol. The lowest BCUT2D eigenvalue weighted by molar-refractivity contribution is -0.0812. The van der Waals surface area contributed by atoms with Crippen LogP contribution in [-0.2, 0) is 11.2 Å². The number of rotatable bonds is 6. The topological polar surface area (TPSA) is 88.9 Å². The van der Waals surface area contributed by atoms with Gasteiger partial charge in [-0.05, 0) is 36.8 Å². The third kappa shape index (κ3) is 4.15. The number of fused-ring (bicyclic) bond motifs is 1. The Morgan fingerprint density at radius 3 is 2.93 bits per heavy atom. The smallest absolute Gasteiger partial charge is 0.355 e. The van der Waals surface area contributed by atoms with Crippen molar-refractivity contribution < 1.29 is 28.9 Å². The summed E-state index contributed by atoms with van der Waals surface area (Å²) in [4.78, 5) is 15.2. The molecule has 1 saturated heterocycles. The second-order valence-corrected chi connectivity index (χ2v) is 8.55. The van der Waals surface area contributed by atoms with Gasteiger partial charge < -0.3 is 19.7 Å². The fourth-order valence-corrected chi connectivity index (χ4v) is 5.24. The van der Waals surface area contributed by atoms with E-state index in [1.807, 2.05) is 6.92 Å². The Kier molecular flexibility index (Phi) is 5.85. The summed E-state index contributed by atoms with van der Waals surface area (Å²) in [6.07, 6.45) is 1.79. The van der Waals surface area contributed by atoms with E-state index < -0.39 is 12.1 Å². The number of nitrogens with zero attached hydrogens (tertiary/aromatic N) is 1. The van der Waals surface area contributed by atoms with E-state index in [9.17, 15) is 14.3 Å². The maximum absolute atomic E-state index is 14.0. The van der Waals surface area contributed by atoms with E-state index in [0.29, 0.717) is 35.8 Å². The lowest BCUT2D eigenvalue weighted by Gasteiger charge is -2.33. The van der Waals surface area contributed by atoms with Crippen LogP contribution in [0.2, 0.25) is 0 Å². The summed E-state index contributed by atoms with van der Waals surface area (Å²) in [5.74, 6) is -0.782. The van der Waals surface area contributed by atoms with E-state index >= 15 is 0 Å². The minimum absolute atomic E-state index is 0.0368. The van der Waals surface area contributed by atoms with Gasteiger partial charge in [-0.3, -0.25) is 0 Å². The zero-order valence-corrected chi connectivity index (χ0v) is 16.9. The zero-order chi connectivity index (χ0) is 20.5. The molecule has 2 fully saturated rings. The number of thiazole rings is 1. The molecule has 2 N–H and O–H groups in total. The van der Waals surface area contributed by atoms with Crippen molar-refractivity contribution in [3.8, 4) is 5.75 Å². The van der Waals surface area contributed by atoms with Crippen LogP contribution in [0.25, 0.3) is 0 Å². The van der Waals surface area contributed by atoms with Crippen LogP contribution in [0.1, 0.15) is 53.3 Å². The van der Waals surface area contributed by atoms with Crippen molar-refractivity contribution in [2.24, 2.45) is 11.8 Å². The number of aliphatic hydroxyl groups is 1. The van der Waals surface area contributed by atoms with Crippen molar-refractivity contribution >= 4 is 17.3 Å². The Bertz CT molecular complexity index is 888. The largest absolute Gasteiger partial charge is 0.493 e. The van der Waals surface area contributed by atoms with Crippen LogP contribution in [0.4, 0.5) is 4.39 Å². The Labute approximate surface area is 172 Å². The first-order valence-corrected chi connectivity index (χ1v) is 10.8. The van der Waals surface area contributed by atoms with Crippen LogP contribution >= 0.6 is 11.3 Å². The first-order chi connectivity index (χ1) is 14.0. The van der Waals surface area contributed by atoms with E-state index in [1.165, 1.54) is 22.8 Å². The fourth-order valence-electron chi connectivity index (χ4n) is 4.38. The maximum atomic E-state index is 14.0. The molecule has 0 spiro atoms. The maximum Gasteiger partial charge on any atom is 0.355 e. The van der Waals surface area contributed by atoms with Crippen molar-refractivity contribution in [2.45, 2.75) is 50.9 Å². The van der Waals surface area contributed by atoms with Crippen molar-refractivity contribution in [2.75, 3.05) is 6.61 Å². The van der Waals surface area contributed by atoms with Crippen LogP contribution in [0.15, 0.2) is 23.6 Å². The summed E-state index contributed by atoms with van der Waals surface area (Å²) >= 11 is 1.29. The lowest BCUT2D eigenvalue weighted by Crippen LogP contribution is -2.33. The van der Waals surface area contributed by atoms with Gasteiger partial charge in [-0.25, -0.2) is 14.2 Å². The molecular formula is C21H24FNO5S. The number of aryl methyl sites for hydroxylation is 1. The molecule has 156 valence electrons. The second kappa shape index (κ2) is 8.38. The minimum atomic E-state index is -1.04. The molecule has 0 amide bonds. The molecule has 2 aromatic rings. The van der Waals surface area contributed by atoms with E-state index in [4.69, 9.17) is 14.6 Å². The highest BCUT2D eigenvalue weighted by Crippen LogP contribution is 2.46. The molecule has 1 aromatic carbocycles. The van der Waals surface area contributed by atoms with Gasteiger partial charge in [0, 0.05) is 23.8 Å². The van der Waals surface area contributed by atoms with Gasteiger partial charge in [-0.2, -0.15) is 0 Å². The quantitative estimate of drug-likeness (QED) is 0.737. The van der Waals surface area contributed by atoms with Gasteiger partial charge in [0.15, 0.2) is 5.69 Å². The molecule has 8 heteroatoms. The molecule has 2 aliphatic rings. The van der Waals surface area contributed by atoms with Gasteiger partial charge in [-0.1, -0.05) is 13.0 Å². The first kappa shape index (κ1) is 20.3. The summed E-state index contributed by atoms with van der Waals surface area (Å²) in [5, 5.41) is 21.8. The first-order valence-electron chi connectivity index (χ1n) is 9.89. The summed E-state index contributed by atoms with van der Waals surface area (Å²) in [6.45, 7) is 2.21. The van der Waals surface area contributed by atoms with Crippen LogP contribution in [0.5, 0.6) is 5.75 Å². The highest BCUT2D eigenvalue weighted by atomic mass is 32.1. The third-order valence-corrected chi connectivity index (χ3v) is 6.90. The molecule has 1 aliphatic heterocycles. The van der Waals surface area contributed by atoms with Gasteiger partial charge >= 0.3 is 5.97 Å². The molecule has 6 nitrogen and oxygen atoms in total. The molecule has 1 aromatic heterocycles. The van der Waals surface area contributed by atoms with Crippen molar-refractivity contribution in [1.29, 1.82) is 0 Å². The number of carboxylic acids is 1. The Hall–Kier alpha value is -2.03. The summed E-state index contributed by atoms with van der Waals surface area (Å²) < 4.78 is 25.9. The average molecular weight is 421 g/mol. The van der Waals surface area contributed by atoms with E-state index in [-0.39, 0.29) is 35.6 Å². The summed E-state index contributed by atoms with van der Waals surface area (Å²) in [5.41, 5.74) is 0.688. The lowest BCUT2D eigenvalue weighted by atomic mass is 9.87. The van der Waals surface area contributed by atoms with Crippen molar-refractivity contribution in [3.05, 3.63) is 45.7 Å². The highest BCUT2D eigenvalue weighted by Gasteiger charge is 2.47. The number of aromatic carboxylic acids is 1. The molecule has 0 radical (unpaired) electrons. The highest BCUT2D eigenvalue weighted by molar-refractivity contribution is 7.09. The number of halogens is 1. The van der Waals surface area contributed by atoms with Crippen molar-refractivity contribution in [3.63, 3.8) is 0 Å². The number of carboxylic acid groups (broad SMARTS) is 1. The van der Waals surface area contributed by atoms with E-state index in [1.54, 1.807) is 12.1 Å². The molecule has 1 aliphatic carbocycles. The molecule has 4 rings (SSSR count). The fraction of sp³-hybridized carbons (Fsp3) is 0.524. The number of hydrogen-bond acceptors (Lipinski definition) is 6. The van der Waals surface area contributed by atoms with Gasteiger partial charge in [0.2, 0.25) is 0 Å². The molecule has 2 heterocycles. The molecule has 1 saturated carbocycles. The average Bonchev–Trinajstić information content (AvgIpc) is 3.30. The van der Waals surface area contributed by atoms with Gasteiger partial charge in [0.25, 0.3) is 0 Å². The van der Waals surface area contributed by atoms with E-state index in [2.05, 4.69) is 4.98 Å². The minimum Gasteiger partial charge on any atom is -0.493 e. The summed E-state index contributed by atoms with van der Waals surface area (Å²) in [6, 6.07) is 4.89. The Morgan fingerprint density at radius 1 is 1.41 bits per heavy atom. The van der Waals surface area contributed by atoms with Crippen LogP contribution in [-0.4, -0.2) is 40.0 Å². The standard InChI is InChI=1S/C21H24FNO5S/c1-2-11-3-4-12(7-15(11)22)27-9-14-13-5-6-18(28-19(13)8-17(14)24)20-23-16(10-29-20)21(25)26/h3-4,7,10,13-14,17-19,24H,2,5-6,8-9H2,1H3,(H,25,26)/t13-,14-,17+,18-,19+/m1/s1. The zero-order valence-electron chi connectivity index (χ0n) is 16.1. The number of hydrogen-bond donors (Lipinski definition) is 2. The Balaban J connectivity index is 1.38. The number of aromatic nitrogens is 1. The Morgan fingerprint density at radius 2 is 2.24 bits per heavy atom. The van der Waals surface area contributed by atoms with Gasteiger partial charge in [0.05, 0.1) is 18.8 Å². The normalized spacial score (nSPS) is 28.9. The number of carbonyl (C=O) groups is 1. The summed E-state index contributed by atoms with van der Waals surface area (Å²) in [7, 11) is 0. The molecular weight excluding hydrogens is 397 g/mol. The van der Waals surface area contributed by atoms with Gasteiger partial charge in [-0.15, -0.1) is 11.3 Å². The SMILES string of the molecule is CCc1ccc(OC[C@@H]2[C@H]3CC[C@H](c4nc(C(=O)O)cs4)O[C@H]3C[C@@H]2O)cc1F. The van der Waals surface area contributed by atoms with E-state index in [0.717, 1.165) is 12.8 Å². The van der Waals surface area contributed by atoms with Crippen LogP contribution in [0.3, 0.4) is 0 Å². The van der Waals surface area contributed by atoms with Gasteiger partial charge in [0.1, 0.15) is 22.7 Å².